The summed E-state index contributed by atoms with van der Waals surface area (Å²) in [5.74, 6) is 2.49. The second kappa shape index (κ2) is 10.7. The highest BCUT2D eigenvalue weighted by Gasteiger charge is 2.08. The third kappa shape index (κ3) is 6.81. The number of aryl methyl sites for hydroxylation is 2. The molecule has 3 aromatic rings. The molecule has 3 N–H and O–H groups in total. The van der Waals surface area contributed by atoms with Crippen LogP contribution >= 0.6 is 0 Å². The molecule has 162 valence electrons. The fraction of sp³-hybridized carbons (Fsp3) is 0.286. The van der Waals surface area contributed by atoms with Crippen molar-refractivity contribution in [2.45, 2.75) is 20.5 Å². The molecule has 3 rings (SSSR count). The maximum Gasteiger partial charge on any atom is 0.407 e. The Balaban J connectivity index is 1.36. The van der Waals surface area contributed by atoms with Gasteiger partial charge in [0.1, 0.15) is 29.9 Å². The summed E-state index contributed by atoms with van der Waals surface area (Å²) >= 11 is 0. The molecule has 10 heteroatoms. The minimum Gasteiger partial charge on any atom is -0.445 e. The van der Waals surface area contributed by atoms with Gasteiger partial charge in [0.05, 0.1) is 6.54 Å². The summed E-state index contributed by atoms with van der Waals surface area (Å²) in [7, 11) is 0. The molecule has 0 aliphatic carbocycles. The van der Waals surface area contributed by atoms with Crippen LogP contribution in [0.1, 0.15) is 17.2 Å². The predicted octanol–water partition coefficient (Wildman–Crippen LogP) is 1.73. The van der Waals surface area contributed by atoms with E-state index < -0.39 is 6.09 Å². The number of aromatic nitrogens is 4. The Kier molecular flexibility index (Phi) is 7.52. The first kappa shape index (κ1) is 21.8. The number of hydrogen-bond acceptors (Lipinski definition) is 7. The van der Waals surface area contributed by atoms with Gasteiger partial charge in [0, 0.05) is 31.5 Å². The lowest BCUT2D eigenvalue weighted by Gasteiger charge is -2.11. The Bertz CT molecular complexity index is 1020. The van der Waals surface area contributed by atoms with Crippen LogP contribution in [0.3, 0.4) is 0 Å². The van der Waals surface area contributed by atoms with E-state index >= 15 is 0 Å². The molecule has 31 heavy (non-hydrogen) atoms. The van der Waals surface area contributed by atoms with Crippen LogP contribution in [0.15, 0.2) is 48.8 Å². The van der Waals surface area contributed by atoms with Gasteiger partial charge in [0.15, 0.2) is 0 Å². The van der Waals surface area contributed by atoms with Gasteiger partial charge in [-0.3, -0.25) is 9.36 Å². The monoisotopic (exact) mass is 423 g/mol. The Hall–Kier alpha value is -3.95. The number of ether oxygens (including phenoxy) is 1. The highest BCUT2D eigenvalue weighted by Crippen LogP contribution is 2.12. The van der Waals surface area contributed by atoms with Gasteiger partial charge < -0.3 is 20.7 Å². The van der Waals surface area contributed by atoms with Crippen LogP contribution in [-0.4, -0.2) is 51.2 Å². The zero-order valence-electron chi connectivity index (χ0n) is 17.5. The van der Waals surface area contributed by atoms with E-state index in [2.05, 4.69) is 30.9 Å². The minimum absolute atomic E-state index is 0.150. The van der Waals surface area contributed by atoms with E-state index in [1.807, 2.05) is 61.0 Å². The van der Waals surface area contributed by atoms with E-state index in [1.165, 1.54) is 0 Å². The number of anilines is 1. The van der Waals surface area contributed by atoms with Crippen molar-refractivity contribution in [1.82, 2.24) is 30.2 Å². The number of carbonyl (C=O) groups excluding carboxylic acids is 2. The summed E-state index contributed by atoms with van der Waals surface area (Å²) in [5, 5.41) is 8.30. The molecule has 0 fully saturated rings. The molecule has 0 saturated heterocycles. The summed E-state index contributed by atoms with van der Waals surface area (Å²) in [6.07, 6.45) is 2.90. The predicted molar refractivity (Wildman–Crippen MR) is 115 cm³/mol. The van der Waals surface area contributed by atoms with Gasteiger partial charge in [-0.2, -0.15) is 0 Å². The summed E-state index contributed by atoms with van der Waals surface area (Å²) in [4.78, 5) is 36.5. The first-order valence-electron chi connectivity index (χ1n) is 9.82. The molecule has 0 bridgehead atoms. The molecule has 1 aromatic carbocycles. The van der Waals surface area contributed by atoms with E-state index in [0.29, 0.717) is 30.5 Å². The Morgan fingerprint density at radius 3 is 2.61 bits per heavy atom. The van der Waals surface area contributed by atoms with E-state index in [-0.39, 0.29) is 19.1 Å². The largest absolute Gasteiger partial charge is 0.445 e. The van der Waals surface area contributed by atoms with Crippen molar-refractivity contribution in [1.29, 1.82) is 0 Å². The molecule has 2 heterocycles. The quantitative estimate of drug-likeness (QED) is 0.448. The Morgan fingerprint density at radius 1 is 1.06 bits per heavy atom. The number of hydrogen-bond donors (Lipinski definition) is 3. The molecule has 0 spiro atoms. The zero-order valence-corrected chi connectivity index (χ0v) is 17.5. The maximum absolute atomic E-state index is 11.9. The highest BCUT2D eigenvalue weighted by molar-refractivity contribution is 5.82. The van der Waals surface area contributed by atoms with Crippen molar-refractivity contribution in [2.24, 2.45) is 0 Å². The number of benzene rings is 1. The standard InChI is InChI=1S/C21H25N7O3/c1-15-26-18(12-19(27-15)28-11-10-22-16(28)2)23-8-9-24-20(29)13-25-21(30)31-14-17-6-4-3-5-7-17/h3-7,10-12H,8-9,13-14H2,1-2H3,(H,24,29)(H,25,30)(H,23,26,27). The van der Waals surface area contributed by atoms with Crippen LogP contribution in [0.4, 0.5) is 10.6 Å². The van der Waals surface area contributed by atoms with Crippen LogP contribution in [0.5, 0.6) is 0 Å². The van der Waals surface area contributed by atoms with Crippen LogP contribution in [0.2, 0.25) is 0 Å². The van der Waals surface area contributed by atoms with Gasteiger partial charge in [0.2, 0.25) is 5.91 Å². The average molecular weight is 423 g/mol. The summed E-state index contributed by atoms with van der Waals surface area (Å²) in [6, 6.07) is 11.1. The van der Waals surface area contributed by atoms with Crippen LogP contribution < -0.4 is 16.0 Å². The van der Waals surface area contributed by atoms with Crippen molar-refractivity contribution in [3.05, 3.63) is 66.0 Å². The lowest BCUT2D eigenvalue weighted by atomic mass is 10.2. The number of rotatable bonds is 9. The fourth-order valence-electron chi connectivity index (χ4n) is 2.77. The molecule has 10 nitrogen and oxygen atoms in total. The second-order valence-corrected chi connectivity index (χ2v) is 6.70. The summed E-state index contributed by atoms with van der Waals surface area (Å²) in [5.41, 5.74) is 0.875. The molecule has 0 unspecified atom stereocenters. The number of alkyl carbamates (subject to hydrolysis) is 1. The third-order valence-corrected chi connectivity index (χ3v) is 4.26. The minimum atomic E-state index is -0.643. The number of imidazole rings is 1. The fourth-order valence-corrected chi connectivity index (χ4v) is 2.77. The van der Waals surface area contributed by atoms with E-state index in [0.717, 1.165) is 11.4 Å². The number of nitrogens with one attached hydrogen (secondary N) is 3. The molecular formula is C21H25N7O3. The lowest BCUT2D eigenvalue weighted by molar-refractivity contribution is -0.120. The van der Waals surface area contributed by atoms with Gasteiger partial charge in [-0.1, -0.05) is 30.3 Å². The van der Waals surface area contributed by atoms with Crippen LogP contribution in [-0.2, 0) is 16.1 Å². The van der Waals surface area contributed by atoms with Crippen molar-refractivity contribution in [2.75, 3.05) is 25.0 Å². The normalized spacial score (nSPS) is 10.4. The van der Waals surface area contributed by atoms with Gasteiger partial charge in [0.25, 0.3) is 0 Å². The van der Waals surface area contributed by atoms with E-state index in [4.69, 9.17) is 4.74 Å². The van der Waals surface area contributed by atoms with Crippen LogP contribution in [0.25, 0.3) is 5.82 Å². The molecule has 0 radical (unpaired) electrons. The zero-order chi connectivity index (χ0) is 22.1. The Morgan fingerprint density at radius 2 is 1.87 bits per heavy atom. The van der Waals surface area contributed by atoms with Crippen molar-refractivity contribution < 1.29 is 14.3 Å². The topological polar surface area (TPSA) is 123 Å². The molecule has 0 aliphatic heterocycles. The van der Waals surface area contributed by atoms with Crippen molar-refractivity contribution in [3.8, 4) is 5.82 Å². The second-order valence-electron chi connectivity index (χ2n) is 6.70. The molecule has 0 aliphatic rings. The number of carbonyl (C=O) groups is 2. The third-order valence-electron chi connectivity index (χ3n) is 4.26. The molecule has 0 saturated carbocycles. The van der Waals surface area contributed by atoms with Gasteiger partial charge in [-0.15, -0.1) is 0 Å². The van der Waals surface area contributed by atoms with Gasteiger partial charge in [-0.25, -0.2) is 19.7 Å². The van der Waals surface area contributed by atoms with Crippen molar-refractivity contribution >= 4 is 17.8 Å². The maximum atomic E-state index is 11.9. The number of nitrogens with zero attached hydrogens (tertiary/aromatic N) is 4. The van der Waals surface area contributed by atoms with Crippen molar-refractivity contribution in [3.63, 3.8) is 0 Å². The lowest BCUT2D eigenvalue weighted by Crippen LogP contribution is -2.38. The summed E-state index contributed by atoms with van der Waals surface area (Å²) in [6.45, 7) is 4.52. The van der Waals surface area contributed by atoms with Gasteiger partial charge >= 0.3 is 6.09 Å². The SMILES string of the molecule is Cc1nc(NCCNC(=O)CNC(=O)OCc2ccccc2)cc(-n2ccnc2C)n1. The molecule has 0 atom stereocenters. The van der Waals surface area contributed by atoms with Crippen LogP contribution in [0, 0.1) is 13.8 Å². The first-order chi connectivity index (χ1) is 15.0. The highest BCUT2D eigenvalue weighted by atomic mass is 16.5. The van der Waals surface area contributed by atoms with E-state index in [1.54, 1.807) is 6.20 Å². The number of amides is 2. The molecule has 2 aromatic heterocycles. The summed E-state index contributed by atoms with van der Waals surface area (Å²) < 4.78 is 6.93. The molecule has 2 amide bonds. The van der Waals surface area contributed by atoms with Gasteiger partial charge in [-0.05, 0) is 19.4 Å². The smallest absolute Gasteiger partial charge is 0.407 e. The molecular weight excluding hydrogens is 398 g/mol. The average Bonchev–Trinajstić information content (AvgIpc) is 3.20. The first-order valence-corrected chi connectivity index (χ1v) is 9.82. The Labute approximate surface area is 180 Å². The van der Waals surface area contributed by atoms with E-state index in [9.17, 15) is 9.59 Å².